The van der Waals surface area contributed by atoms with Gasteiger partial charge < -0.3 is 0 Å². The molecule has 4 heteroatoms. The van der Waals surface area contributed by atoms with Gasteiger partial charge in [0, 0.05) is 0 Å². The van der Waals surface area contributed by atoms with Crippen LogP contribution in [0.4, 0.5) is 0 Å². The number of carbonyl (C=O) groups is 1. The molecule has 0 atom stereocenters. The molecule has 0 aromatic heterocycles. The Balaban J connectivity index is 2.38. The summed E-state index contributed by atoms with van der Waals surface area (Å²) in [5.74, 6) is 0. The monoisotopic (exact) mass is 520 g/mol. The maximum absolute atomic E-state index is 11.8. The Morgan fingerprint density at radius 1 is 0.652 bits per heavy atom. The van der Waals surface area contributed by atoms with Crippen LogP contribution in [-0.4, -0.2) is 4.80 Å². The van der Waals surface area contributed by atoms with Gasteiger partial charge in [0.1, 0.15) is 0 Å². The molecule has 0 fully saturated rings. The molecule has 0 N–H and O–H groups in total. The third kappa shape index (κ3) is 3.05. The van der Waals surface area contributed by atoms with Crippen molar-refractivity contribution in [3.05, 3.63) is 91.0 Å². The van der Waals surface area contributed by atoms with Gasteiger partial charge in [0.2, 0.25) is 0 Å². The van der Waals surface area contributed by atoms with Gasteiger partial charge in [0.15, 0.2) is 0 Å². The molecule has 0 aliphatic rings. The molecular formula is C19H17ClIrOP. The van der Waals surface area contributed by atoms with E-state index in [4.69, 9.17) is 9.58 Å². The van der Waals surface area contributed by atoms with E-state index in [1.807, 2.05) is 54.6 Å². The molecule has 0 bridgehead atoms. The molecule has 0 saturated carbocycles. The topological polar surface area (TPSA) is 17.1 Å². The molecule has 0 aliphatic carbocycles. The van der Waals surface area contributed by atoms with Crippen molar-refractivity contribution in [3.63, 3.8) is 0 Å². The summed E-state index contributed by atoms with van der Waals surface area (Å²) in [7, 11) is 6.85. The van der Waals surface area contributed by atoms with Crippen LogP contribution < -0.4 is 15.9 Å². The van der Waals surface area contributed by atoms with Gasteiger partial charge in [-0.15, -0.1) is 0 Å². The molecule has 3 aromatic rings. The fraction of sp³-hybridized carbons (Fsp3) is 0. The quantitative estimate of drug-likeness (QED) is 0.372. The Hall–Kier alpha value is -1.30. The van der Waals surface area contributed by atoms with E-state index in [9.17, 15) is 4.79 Å². The molecule has 0 spiro atoms. The molecule has 0 unspecified atom stereocenters. The van der Waals surface area contributed by atoms with E-state index < -0.39 is 20.5 Å². The van der Waals surface area contributed by atoms with Gasteiger partial charge in [0.25, 0.3) is 0 Å². The van der Waals surface area contributed by atoms with Crippen LogP contribution in [0.15, 0.2) is 91.0 Å². The maximum atomic E-state index is 11.8. The van der Waals surface area contributed by atoms with E-state index in [2.05, 4.69) is 36.4 Å². The predicted octanol–water partition coefficient (Wildman–Crippen LogP) is 3.59. The summed E-state index contributed by atoms with van der Waals surface area (Å²) in [4.78, 5) is 12.9. The van der Waals surface area contributed by atoms with Crippen LogP contribution in [0.3, 0.4) is 0 Å². The Morgan fingerprint density at radius 2 is 0.957 bits per heavy atom. The fourth-order valence-corrected chi connectivity index (χ4v) is 22.6. The van der Waals surface area contributed by atoms with E-state index in [1.165, 1.54) is 15.9 Å². The average molecular weight is 520 g/mol. The summed E-state index contributed by atoms with van der Waals surface area (Å²) >= 11 is -2.50. The second-order valence-electron chi connectivity index (χ2n) is 5.03. The zero-order valence-electron chi connectivity index (χ0n) is 12.4. The second kappa shape index (κ2) is 7.51. The number of hydrogen-bond donors (Lipinski definition) is 0. The number of hydrogen-bond acceptors (Lipinski definition) is 1. The van der Waals surface area contributed by atoms with Crippen LogP contribution >= 0.6 is 15.1 Å². The van der Waals surface area contributed by atoms with E-state index in [1.54, 1.807) is 0 Å². The van der Waals surface area contributed by atoms with Crippen molar-refractivity contribution in [1.29, 1.82) is 0 Å². The van der Waals surface area contributed by atoms with Crippen LogP contribution in [-0.2, 0) is 19.8 Å². The second-order valence-corrected chi connectivity index (χ2v) is 22.5. The zero-order chi connectivity index (χ0) is 16.1. The van der Waals surface area contributed by atoms with Crippen LogP contribution in [0.5, 0.6) is 0 Å². The van der Waals surface area contributed by atoms with Gasteiger partial charge in [-0.25, -0.2) is 0 Å². The summed E-state index contributed by atoms with van der Waals surface area (Å²) in [6, 6.07) is 31.0. The van der Waals surface area contributed by atoms with Crippen LogP contribution in [0.25, 0.3) is 0 Å². The molecular weight excluding hydrogens is 503 g/mol. The first-order chi connectivity index (χ1) is 11.3. The molecule has 23 heavy (non-hydrogen) atoms. The average Bonchev–Trinajstić information content (AvgIpc) is 2.65. The number of rotatable bonds is 5. The first-order valence-electron chi connectivity index (χ1n) is 7.20. The normalized spacial score (nSPS) is 12.5. The van der Waals surface area contributed by atoms with E-state index in [-0.39, 0.29) is 0 Å². The Morgan fingerprint density at radius 3 is 1.22 bits per heavy atom. The molecule has 3 rings (SSSR count). The van der Waals surface area contributed by atoms with Crippen molar-refractivity contribution in [2.45, 2.75) is 0 Å². The standard InChI is InChI=1S/C18H15P.CHO.ClH.Ir/c1-4-10-16(11-5-1)19(17-12-6-2-7-13-17)18-14-8-3-9-15-18;1-2;;/h1-15H;1H;1H;. The third-order valence-corrected chi connectivity index (χ3v) is 25.2. The molecule has 3 aromatic carbocycles. The molecule has 0 saturated heterocycles. The first-order valence-corrected chi connectivity index (χ1v) is 17.0. The summed E-state index contributed by atoms with van der Waals surface area (Å²) < 4.78 is 0. The summed E-state index contributed by atoms with van der Waals surface area (Å²) in [5, 5.41) is 3.65. The summed E-state index contributed by atoms with van der Waals surface area (Å²) in [5.41, 5.74) is -2.46. The number of carbonyl (C=O) groups excluding carboxylic acids is 1. The van der Waals surface area contributed by atoms with E-state index in [0.29, 0.717) is 0 Å². The van der Waals surface area contributed by atoms with Gasteiger partial charge in [0.05, 0.1) is 0 Å². The van der Waals surface area contributed by atoms with Crippen LogP contribution in [0.1, 0.15) is 0 Å². The Kier molecular flexibility index (Phi) is 5.41. The van der Waals surface area contributed by atoms with Crippen LogP contribution in [0.2, 0.25) is 0 Å². The first kappa shape index (κ1) is 16.6. The molecule has 0 heterocycles. The summed E-state index contributed by atoms with van der Waals surface area (Å²) in [6.45, 7) is 0. The Labute approximate surface area is 146 Å². The number of halogens is 1. The Bertz CT molecular complexity index is 668. The van der Waals surface area contributed by atoms with Gasteiger partial charge in [-0.2, -0.15) is 0 Å². The molecule has 0 aliphatic heterocycles. The van der Waals surface area contributed by atoms with Crippen molar-refractivity contribution in [3.8, 4) is 0 Å². The van der Waals surface area contributed by atoms with Crippen LogP contribution in [0, 0.1) is 0 Å². The van der Waals surface area contributed by atoms with Gasteiger partial charge >= 0.3 is 147 Å². The minimum absolute atomic E-state index is 1.06. The van der Waals surface area contributed by atoms with Crippen molar-refractivity contribution in [2.24, 2.45) is 0 Å². The van der Waals surface area contributed by atoms with Crippen molar-refractivity contribution >= 4 is 35.8 Å². The van der Waals surface area contributed by atoms with Crippen molar-refractivity contribution in [2.75, 3.05) is 0 Å². The van der Waals surface area contributed by atoms with Gasteiger partial charge in [-0.1, -0.05) is 0 Å². The van der Waals surface area contributed by atoms with Gasteiger partial charge in [-0.3, -0.25) is 0 Å². The minimum atomic E-state index is -2.50. The van der Waals surface area contributed by atoms with Crippen molar-refractivity contribution in [1.82, 2.24) is 0 Å². The SMILES string of the molecule is O=[CH][Ir]([Cl])[PH](c1ccccc1)(c1ccccc1)c1ccccc1. The molecule has 120 valence electrons. The van der Waals surface area contributed by atoms with Crippen molar-refractivity contribution < 1.29 is 19.8 Å². The molecule has 0 amide bonds. The van der Waals surface area contributed by atoms with E-state index >= 15 is 0 Å². The molecule has 1 nitrogen and oxygen atoms in total. The third-order valence-electron chi connectivity index (χ3n) is 3.78. The number of benzene rings is 3. The van der Waals surface area contributed by atoms with E-state index in [0.717, 1.165) is 4.80 Å². The summed E-state index contributed by atoms with van der Waals surface area (Å²) in [6.07, 6.45) is 0. The predicted molar refractivity (Wildman–Crippen MR) is 99.1 cm³/mol. The fourth-order valence-electron chi connectivity index (χ4n) is 2.82. The van der Waals surface area contributed by atoms with Gasteiger partial charge in [-0.05, 0) is 0 Å². The zero-order valence-corrected chi connectivity index (χ0v) is 16.5. The molecule has 0 radical (unpaired) electrons.